The number of halogens is 1. The molecule has 0 radical (unpaired) electrons. The lowest BCUT2D eigenvalue weighted by Gasteiger charge is -2.19. The minimum atomic E-state index is -1.13. The van der Waals surface area contributed by atoms with Gasteiger partial charge in [-0.15, -0.1) is 5.48 Å². The third-order valence-corrected chi connectivity index (χ3v) is 1.72. The molecule has 0 aromatic heterocycles. The van der Waals surface area contributed by atoms with E-state index in [9.17, 15) is 18.8 Å². The van der Waals surface area contributed by atoms with Gasteiger partial charge in [-0.1, -0.05) is 6.92 Å². The summed E-state index contributed by atoms with van der Waals surface area (Å²) in [6.45, 7) is 5.22. The molecule has 0 aromatic rings. The molecule has 1 amide bonds. The maximum atomic E-state index is 11.9. The molecule has 0 saturated heterocycles. The fourth-order valence-electron chi connectivity index (χ4n) is 0.971. The predicted molar refractivity (Wildman–Crippen MR) is 60.2 cm³/mol. The number of ether oxygens (including phenoxy) is 1. The number of hydrogen-bond acceptors (Lipinski definition) is 5. The minimum absolute atomic E-state index is 0.272. The molecule has 0 fully saturated rings. The molecule has 1 unspecified atom stereocenters. The van der Waals surface area contributed by atoms with Crippen LogP contribution in [0, 0.1) is 5.92 Å². The normalized spacial score (nSPS) is 12.5. The molecule has 0 aliphatic rings. The van der Waals surface area contributed by atoms with Crippen LogP contribution in [0.4, 0.5) is 9.18 Å². The topological polar surface area (TPSA) is 81.7 Å². The lowest BCUT2D eigenvalue weighted by atomic mass is 10.1. The van der Waals surface area contributed by atoms with Gasteiger partial charge in [0.1, 0.15) is 12.3 Å². The Morgan fingerprint density at radius 2 is 1.83 bits per heavy atom. The molecular weight excluding hydrogens is 245 g/mol. The van der Waals surface area contributed by atoms with E-state index in [-0.39, 0.29) is 6.42 Å². The molecule has 0 aliphatic heterocycles. The van der Waals surface area contributed by atoms with Crippen LogP contribution in [0.1, 0.15) is 34.1 Å². The van der Waals surface area contributed by atoms with Crippen molar-refractivity contribution in [2.45, 2.75) is 39.7 Å². The van der Waals surface area contributed by atoms with Crippen molar-refractivity contribution in [3.63, 3.8) is 0 Å². The fraction of sp³-hybridized carbons (Fsp3) is 0.727. The minimum Gasteiger partial charge on any atom is -0.442 e. The van der Waals surface area contributed by atoms with Crippen molar-refractivity contribution in [1.29, 1.82) is 0 Å². The van der Waals surface area contributed by atoms with Crippen LogP contribution < -0.4 is 5.48 Å². The number of hydrogen-bond donors (Lipinski definition) is 1. The summed E-state index contributed by atoms with van der Waals surface area (Å²) < 4.78 is 16.7. The number of ketones is 1. The second kappa shape index (κ2) is 6.93. The highest BCUT2D eigenvalue weighted by molar-refractivity contribution is 5.85. The Kier molecular flexibility index (Phi) is 6.29. The second-order valence-electron chi connectivity index (χ2n) is 4.80. The Morgan fingerprint density at radius 3 is 2.28 bits per heavy atom. The molecule has 104 valence electrons. The van der Waals surface area contributed by atoms with Gasteiger partial charge in [-0.3, -0.25) is 4.79 Å². The maximum Gasteiger partial charge on any atom is 0.441 e. The average Bonchev–Trinajstić information content (AvgIpc) is 2.23. The first-order chi connectivity index (χ1) is 8.15. The zero-order chi connectivity index (χ0) is 14.3. The summed E-state index contributed by atoms with van der Waals surface area (Å²) in [7, 11) is 0. The number of alkyl halides is 1. The molecule has 0 saturated carbocycles. The highest BCUT2D eigenvalue weighted by Gasteiger charge is 2.21. The largest absolute Gasteiger partial charge is 0.442 e. The van der Waals surface area contributed by atoms with Gasteiger partial charge in [-0.05, 0) is 20.8 Å². The van der Waals surface area contributed by atoms with Gasteiger partial charge >= 0.3 is 12.1 Å². The van der Waals surface area contributed by atoms with E-state index >= 15 is 0 Å². The molecule has 0 aromatic carbocycles. The number of carbonyl (C=O) groups excluding carboxylic acids is 3. The van der Waals surface area contributed by atoms with Crippen molar-refractivity contribution in [3.05, 3.63) is 0 Å². The number of amides is 1. The zero-order valence-electron chi connectivity index (χ0n) is 10.9. The molecule has 1 atom stereocenters. The summed E-state index contributed by atoms with van der Waals surface area (Å²) in [5.74, 6) is -2.36. The molecule has 7 heteroatoms. The van der Waals surface area contributed by atoms with E-state index < -0.39 is 36.0 Å². The predicted octanol–water partition coefficient (Wildman–Crippen LogP) is 1.53. The molecule has 0 spiro atoms. The van der Waals surface area contributed by atoms with E-state index in [1.54, 1.807) is 26.3 Å². The van der Waals surface area contributed by atoms with Crippen molar-refractivity contribution in [1.82, 2.24) is 5.48 Å². The first-order valence-electron chi connectivity index (χ1n) is 5.43. The summed E-state index contributed by atoms with van der Waals surface area (Å²) in [6.07, 6.45) is -1.19. The average molecular weight is 263 g/mol. The van der Waals surface area contributed by atoms with Crippen LogP contribution in [0.25, 0.3) is 0 Å². The van der Waals surface area contributed by atoms with E-state index in [1.165, 1.54) is 6.92 Å². The van der Waals surface area contributed by atoms with Gasteiger partial charge < -0.3 is 9.57 Å². The van der Waals surface area contributed by atoms with Crippen LogP contribution in [0.15, 0.2) is 0 Å². The van der Waals surface area contributed by atoms with Gasteiger partial charge in [-0.25, -0.2) is 14.0 Å². The van der Waals surface area contributed by atoms with Gasteiger partial charge in [0.25, 0.3) is 0 Å². The van der Waals surface area contributed by atoms with Gasteiger partial charge in [0.05, 0.1) is 5.92 Å². The summed E-state index contributed by atoms with van der Waals surface area (Å²) in [4.78, 5) is 37.6. The Bertz CT molecular complexity index is 324. The number of nitrogens with one attached hydrogen (secondary N) is 1. The summed E-state index contributed by atoms with van der Waals surface area (Å²) in [5, 5.41) is 0. The molecule has 0 rings (SSSR count). The standard InChI is InChI=1S/C11H18FNO5/c1-7(5-8(14)6-12)9(15)18-13-10(16)17-11(2,3)4/h7H,5-6H2,1-4H3,(H,13,16). The molecular formula is C11H18FNO5. The molecule has 0 bridgehead atoms. The smallest absolute Gasteiger partial charge is 0.441 e. The Balaban J connectivity index is 4.03. The number of carbonyl (C=O) groups is 3. The van der Waals surface area contributed by atoms with Crippen LogP contribution in [-0.4, -0.2) is 30.1 Å². The van der Waals surface area contributed by atoms with Gasteiger partial charge in [0.15, 0.2) is 5.78 Å². The Labute approximate surface area is 105 Å². The SMILES string of the molecule is CC(CC(=O)CF)C(=O)ONC(=O)OC(C)(C)C. The number of hydroxylamine groups is 1. The van der Waals surface area contributed by atoms with Crippen molar-refractivity contribution in [3.8, 4) is 0 Å². The lowest BCUT2D eigenvalue weighted by Crippen LogP contribution is -2.35. The summed E-state index contributed by atoms with van der Waals surface area (Å²) in [6, 6.07) is 0. The molecule has 6 nitrogen and oxygen atoms in total. The van der Waals surface area contributed by atoms with Crippen LogP contribution >= 0.6 is 0 Å². The van der Waals surface area contributed by atoms with E-state index in [2.05, 4.69) is 4.84 Å². The second-order valence-corrected chi connectivity index (χ2v) is 4.80. The van der Waals surface area contributed by atoms with E-state index in [0.29, 0.717) is 0 Å². The highest BCUT2D eigenvalue weighted by atomic mass is 19.1. The first kappa shape index (κ1) is 16.3. The lowest BCUT2D eigenvalue weighted by molar-refractivity contribution is -0.156. The third-order valence-electron chi connectivity index (χ3n) is 1.72. The quantitative estimate of drug-likeness (QED) is 0.778. The van der Waals surface area contributed by atoms with Crippen LogP contribution in [0.2, 0.25) is 0 Å². The van der Waals surface area contributed by atoms with Gasteiger partial charge in [0.2, 0.25) is 0 Å². The monoisotopic (exact) mass is 263 g/mol. The zero-order valence-corrected chi connectivity index (χ0v) is 10.9. The molecule has 1 N–H and O–H groups in total. The van der Waals surface area contributed by atoms with Crippen molar-refractivity contribution in [2.24, 2.45) is 5.92 Å². The summed E-state index contributed by atoms with van der Waals surface area (Å²) >= 11 is 0. The molecule has 0 aliphatic carbocycles. The van der Waals surface area contributed by atoms with Gasteiger partial charge in [0, 0.05) is 6.42 Å². The number of Topliss-reactive ketones (excluding diaryl/α,β-unsaturated/α-hetero) is 1. The fourth-order valence-corrected chi connectivity index (χ4v) is 0.971. The van der Waals surface area contributed by atoms with Crippen molar-refractivity contribution < 1.29 is 28.3 Å². The molecule has 18 heavy (non-hydrogen) atoms. The maximum absolute atomic E-state index is 11.9. The summed E-state index contributed by atoms with van der Waals surface area (Å²) in [5.41, 5.74) is 1.08. The van der Waals surface area contributed by atoms with Crippen LogP contribution in [0.3, 0.4) is 0 Å². The number of rotatable bonds is 4. The highest BCUT2D eigenvalue weighted by Crippen LogP contribution is 2.07. The molecule has 0 heterocycles. The van der Waals surface area contributed by atoms with E-state index in [4.69, 9.17) is 4.74 Å². The first-order valence-corrected chi connectivity index (χ1v) is 5.43. The van der Waals surface area contributed by atoms with E-state index in [1.807, 2.05) is 0 Å². The van der Waals surface area contributed by atoms with Crippen molar-refractivity contribution in [2.75, 3.05) is 6.67 Å². The van der Waals surface area contributed by atoms with Gasteiger partial charge in [-0.2, -0.15) is 0 Å². The van der Waals surface area contributed by atoms with Crippen LogP contribution in [-0.2, 0) is 19.2 Å². The van der Waals surface area contributed by atoms with Crippen molar-refractivity contribution >= 4 is 17.8 Å². The Morgan fingerprint density at radius 1 is 1.28 bits per heavy atom. The van der Waals surface area contributed by atoms with E-state index in [0.717, 1.165) is 0 Å². The van der Waals surface area contributed by atoms with Crippen LogP contribution in [0.5, 0.6) is 0 Å². The Hall–Kier alpha value is -1.66. The third kappa shape index (κ3) is 7.59.